The molecule has 0 aliphatic rings. The number of amides is 1. The molecule has 104 valence electrons. The summed E-state index contributed by atoms with van der Waals surface area (Å²) in [7, 11) is 1.58. The van der Waals surface area contributed by atoms with Crippen LogP contribution in [0.15, 0.2) is 18.2 Å². The average molecular weight is 265 g/mol. The molecule has 0 saturated carbocycles. The van der Waals surface area contributed by atoms with Crippen LogP contribution in [0.2, 0.25) is 0 Å². The van der Waals surface area contributed by atoms with Crippen molar-refractivity contribution >= 4 is 23.3 Å². The van der Waals surface area contributed by atoms with Crippen molar-refractivity contribution in [3.8, 4) is 0 Å². The predicted octanol–water partition coefficient (Wildman–Crippen LogP) is 0.993. The van der Waals surface area contributed by atoms with Gasteiger partial charge in [-0.25, -0.2) is 4.79 Å². The molecule has 1 aromatic carbocycles. The zero-order valence-electron chi connectivity index (χ0n) is 11.2. The van der Waals surface area contributed by atoms with Crippen molar-refractivity contribution < 1.29 is 14.3 Å². The molecule has 0 aromatic heterocycles. The van der Waals surface area contributed by atoms with Crippen LogP contribution >= 0.6 is 0 Å². The van der Waals surface area contributed by atoms with Crippen LogP contribution < -0.4 is 16.4 Å². The van der Waals surface area contributed by atoms with Gasteiger partial charge in [-0.3, -0.25) is 4.79 Å². The second kappa shape index (κ2) is 7.25. The molecule has 0 fully saturated rings. The Balaban J connectivity index is 2.76. The van der Waals surface area contributed by atoms with Gasteiger partial charge in [0.15, 0.2) is 0 Å². The van der Waals surface area contributed by atoms with Gasteiger partial charge in [-0.2, -0.15) is 0 Å². The van der Waals surface area contributed by atoms with Gasteiger partial charge in [0.2, 0.25) is 5.91 Å². The van der Waals surface area contributed by atoms with Crippen molar-refractivity contribution in [1.29, 1.82) is 0 Å². The van der Waals surface area contributed by atoms with Gasteiger partial charge >= 0.3 is 5.97 Å². The van der Waals surface area contributed by atoms with Gasteiger partial charge in [0.25, 0.3) is 0 Å². The third-order valence-corrected chi connectivity index (χ3v) is 2.49. The minimum Gasteiger partial charge on any atom is -0.462 e. The van der Waals surface area contributed by atoms with E-state index in [1.165, 1.54) is 0 Å². The van der Waals surface area contributed by atoms with Gasteiger partial charge in [-0.15, -0.1) is 0 Å². The Morgan fingerprint density at radius 2 is 2.11 bits per heavy atom. The van der Waals surface area contributed by atoms with Crippen molar-refractivity contribution in [2.45, 2.75) is 13.3 Å². The Kier molecular flexibility index (Phi) is 5.66. The zero-order valence-corrected chi connectivity index (χ0v) is 11.2. The van der Waals surface area contributed by atoms with E-state index in [4.69, 9.17) is 10.5 Å². The third-order valence-electron chi connectivity index (χ3n) is 2.49. The van der Waals surface area contributed by atoms with Crippen LogP contribution in [0.5, 0.6) is 0 Å². The van der Waals surface area contributed by atoms with E-state index in [1.807, 2.05) is 0 Å². The highest BCUT2D eigenvalue weighted by Gasteiger charge is 2.13. The Labute approximate surface area is 112 Å². The molecule has 0 spiro atoms. The summed E-state index contributed by atoms with van der Waals surface area (Å²) in [6.45, 7) is 2.46. The van der Waals surface area contributed by atoms with Gasteiger partial charge in [0.1, 0.15) is 0 Å². The maximum absolute atomic E-state index is 11.8. The molecule has 6 nitrogen and oxygen atoms in total. The fourth-order valence-corrected chi connectivity index (χ4v) is 1.53. The van der Waals surface area contributed by atoms with Crippen molar-refractivity contribution in [2.24, 2.45) is 0 Å². The normalized spacial score (nSPS) is 9.79. The summed E-state index contributed by atoms with van der Waals surface area (Å²) in [4.78, 5) is 22.9. The van der Waals surface area contributed by atoms with E-state index >= 15 is 0 Å². The van der Waals surface area contributed by atoms with Gasteiger partial charge in [-0.1, -0.05) is 0 Å². The standard InChI is InChI=1S/C13H19N3O3/c1-3-19-13(18)10-8-9(14)4-5-11(10)16-7-6-12(17)15-2/h4-5,8,16H,3,6-7,14H2,1-2H3,(H,15,17). The van der Waals surface area contributed by atoms with E-state index in [-0.39, 0.29) is 5.91 Å². The molecule has 1 aromatic rings. The first-order valence-corrected chi connectivity index (χ1v) is 6.09. The molecule has 4 N–H and O–H groups in total. The molecule has 0 atom stereocenters. The van der Waals surface area contributed by atoms with Crippen LogP contribution in [-0.2, 0) is 9.53 Å². The number of rotatable bonds is 6. The van der Waals surface area contributed by atoms with Gasteiger partial charge < -0.3 is 21.1 Å². The molecule has 6 heteroatoms. The highest BCUT2D eigenvalue weighted by molar-refractivity contribution is 5.96. The SMILES string of the molecule is CCOC(=O)c1cc(N)ccc1NCCC(=O)NC. The number of benzene rings is 1. The molecular formula is C13H19N3O3. The fourth-order valence-electron chi connectivity index (χ4n) is 1.53. The number of hydrogen-bond donors (Lipinski definition) is 3. The number of esters is 1. The Hall–Kier alpha value is -2.24. The molecule has 0 saturated heterocycles. The van der Waals surface area contributed by atoms with Crippen LogP contribution in [0.1, 0.15) is 23.7 Å². The predicted molar refractivity (Wildman–Crippen MR) is 74.0 cm³/mol. The highest BCUT2D eigenvalue weighted by Crippen LogP contribution is 2.20. The minimum absolute atomic E-state index is 0.0689. The lowest BCUT2D eigenvalue weighted by molar-refractivity contribution is -0.120. The summed E-state index contributed by atoms with van der Waals surface area (Å²) in [5.74, 6) is -0.502. The van der Waals surface area contributed by atoms with E-state index in [9.17, 15) is 9.59 Å². The number of ether oxygens (including phenoxy) is 1. The lowest BCUT2D eigenvalue weighted by Crippen LogP contribution is -2.21. The topological polar surface area (TPSA) is 93.4 Å². The Morgan fingerprint density at radius 3 is 2.74 bits per heavy atom. The van der Waals surface area contributed by atoms with Gasteiger partial charge in [0, 0.05) is 31.4 Å². The lowest BCUT2D eigenvalue weighted by Gasteiger charge is -2.11. The number of carbonyl (C=O) groups excluding carboxylic acids is 2. The summed E-state index contributed by atoms with van der Waals surface area (Å²) >= 11 is 0. The number of hydrogen-bond acceptors (Lipinski definition) is 5. The number of carbonyl (C=O) groups is 2. The summed E-state index contributed by atoms with van der Waals surface area (Å²) < 4.78 is 4.96. The quantitative estimate of drug-likeness (QED) is 0.527. The summed E-state index contributed by atoms with van der Waals surface area (Å²) in [6, 6.07) is 4.94. The molecule has 0 aliphatic heterocycles. The minimum atomic E-state index is -0.433. The summed E-state index contributed by atoms with van der Waals surface area (Å²) in [5.41, 5.74) is 7.13. The molecular weight excluding hydrogens is 246 g/mol. The zero-order chi connectivity index (χ0) is 14.3. The first kappa shape index (κ1) is 14.8. The molecule has 1 amide bonds. The maximum atomic E-state index is 11.8. The lowest BCUT2D eigenvalue weighted by atomic mass is 10.1. The van der Waals surface area contributed by atoms with Crippen LogP contribution in [0.3, 0.4) is 0 Å². The monoisotopic (exact) mass is 265 g/mol. The molecule has 0 unspecified atom stereocenters. The Bertz CT molecular complexity index is 460. The maximum Gasteiger partial charge on any atom is 0.340 e. The van der Waals surface area contributed by atoms with Crippen LogP contribution in [-0.4, -0.2) is 32.1 Å². The van der Waals surface area contributed by atoms with Gasteiger partial charge in [0.05, 0.1) is 12.2 Å². The van der Waals surface area contributed by atoms with Crippen molar-refractivity contribution in [2.75, 3.05) is 31.2 Å². The van der Waals surface area contributed by atoms with Crippen molar-refractivity contribution in [3.63, 3.8) is 0 Å². The summed E-state index contributed by atoms with van der Waals surface area (Å²) in [6.07, 6.45) is 0.323. The largest absolute Gasteiger partial charge is 0.462 e. The van der Waals surface area contributed by atoms with Crippen LogP contribution in [0, 0.1) is 0 Å². The second-order valence-electron chi connectivity index (χ2n) is 3.88. The molecule has 0 aliphatic carbocycles. The molecule has 1 rings (SSSR count). The van der Waals surface area contributed by atoms with Gasteiger partial charge in [-0.05, 0) is 25.1 Å². The van der Waals surface area contributed by atoms with E-state index in [0.717, 1.165) is 0 Å². The molecule has 0 heterocycles. The first-order valence-electron chi connectivity index (χ1n) is 6.09. The number of nitrogen functional groups attached to an aromatic ring is 1. The first-order chi connectivity index (χ1) is 9.08. The number of anilines is 2. The molecule has 0 bridgehead atoms. The van der Waals surface area contributed by atoms with Crippen molar-refractivity contribution in [3.05, 3.63) is 23.8 Å². The van der Waals surface area contributed by atoms with E-state index < -0.39 is 5.97 Å². The summed E-state index contributed by atoms with van der Waals surface area (Å²) in [5, 5.41) is 5.56. The van der Waals surface area contributed by atoms with Crippen molar-refractivity contribution in [1.82, 2.24) is 5.32 Å². The number of nitrogens with one attached hydrogen (secondary N) is 2. The fraction of sp³-hybridized carbons (Fsp3) is 0.385. The highest BCUT2D eigenvalue weighted by atomic mass is 16.5. The number of nitrogens with two attached hydrogens (primary N) is 1. The van der Waals surface area contributed by atoms with Crippen LogP contribution in [0.25, 0.3) is 0 Å². The molecule has 0 radical (unpaired) electrons. The Morgan fingerprint density at radius 1 is 1.37 bits per heavy atom. The smallest absolute Gasteiger partial charge is 0.340 e. The van der Waals surface area contributed by atoms with E-state index in [0.29, 0.717) is 36.5 Å². The van der Waals surface area contributed by atoms with E-state index in [1.54, 1.807) is 32.2 Å². The molecule has 19 heavy (non-hydrogen) atoms. The average Bonchev–Trinajstić information content (AvgIpc) is 2.40. The van der Waals surface area contributed by atoms with Crippen LogP contribution in [0.4, 0.5) is 11.4 Å². The van der Waals surface area contributed by atoms with E-state index in [2.05, 4.69) is 10.6 Å². The third kappa shape index (κ3) is 4.50. The second-order valence-corrected chi connectivity index (χ2v) is 3.88.